The largest absolute Gasteiger partial charge is 0.366 e. The Hall–Kier alpha value is -1.02. The fourth-order valence-electron chi connectivity index (χ4n) is 2.52. The van der Waals surface area contributed by atoms with Crippen molar-refractivity contribution < 1.29 is 0 Å². The van der Waals surface area contributed by atoms with Crippen LogP contribution in [0.25, 0.3) is 0 Å². The molecule has 2 nitrogen and oxygen atoms in total. The summed E-state index contributed by atoms with van der Waals surface area (Å²) in [5.74, 6) is 0. The molecular weight excluding hydrogens is 208 g/mol. The van der Waals surface area contributed by atoms with Crippen LogP contribution in [0.1, 0.15) is 32.8 Å². The average Bonchev–Trinajstić information content (AvgIpc) is 2.34. The van der Waals surface area contributed by atoms with Crippen molar-refractivity contribution in [2.24, 2.45) is 0 Å². The number of hydrogen-bond donors (Lipinski definition) is 1. The summed E-state index contributed by atoms with van der Waals surface area (Å²) in [5.41, 5.74) is 2.82. The molecule has 17 heavy (non-hydrogen) atoms. The number of anilines is 1. The van der Waals surface area contributed by atoms with Crippen molar-refractivity contribution in [1.29, 1.82) is 0 Å². The Morgan fingerprint density at radius 3 is 2.59 bits per heavy atom. The molecule has 2 atom stereocenters. The van der Waals surface area contributed by atoms with E-state index in [0.717, 1.165) is 13.1 Å². The van der Waals surface area contributed by atoms with Crippen molar-refractivity contribution in [3.05, 3.63) is 29.8 Å². The first-order valence-corrected chi connectivity index (χ1v) is 6.79. The molecule has 2 heteroatoms. The summed E-state index contributed by atoms with van der Waals surface area (Å²) in [4.78, 5) is 2.51. The molecule has 1 fully saturated rings. The number of piperazine rings is 1. The maximum absolute atomic E-state index is 3.52. The lowest BCUT2D eigenvalue weighted by molar-refractivity contribution is 0.425. The number of nitrogens with zero attached hydrogens (tertiary/aromatic N) is 1. The summed E-state index contributed by atoms with van der Waals surface area (Å²) in [6.07, 6.45) is 2.41. The van der Waals surface area contributed by atoms with Crippen LogP contribution in [0.2, 0.25) is 0 Å². The van der Waals surface area contributed by atoms with Crippen molar-refractivity contribution in [2.45, 2.75) is 45.7 Å². The van der Waals surface area contributed by atoms with E-state index in [-0.39, 0.29) is 0 Å². The Morgan fingerprint density at radius 1 is 1.24 bits per heavy atom. The third kappa shape index (κ3) is 3.01. The molecule has 1 aromatic rings. The van der Waals surface area contributed by atoms with Gasteiger partial charge >= 0.3 is 0 Å². The highest BCUT2D eigenvalue weighted by Crippen LogP contribution is 2.20. The number of nitrogens with one attached hydrogen (secondary N) is 1. The van der Waals surface area contributed by atoms with E-state index in [0.29, 0.717) is 12.1 Å². The van der Waals surface area contributed by atoms with Gasteiger partial charge in [0, 0.05) is 30.9 Å². The first-order valence-electron chi connectivity index (χ1n) is 6.79. The molecule has 0 radical (unpaired) electrons. The van der Waals surface area contributed by atoms with Gasteiger partial charge in [0.2, 0.25) is 0 Å². The van der Waals surface area contributed by atoms with Gasteiger partial charge in [-0.05, 0) is 38.0 Å². The van der Waals surface area contributed by atoms with E-state index in [1.807, 2.05) is 0 Å². The minimum atomic E-state index is 0.585. The Balaban J connectivity index is 2.10. The van der Waals surface area contributed by atoms with Crippen LogP contribution in [0, 0.1) is 0 Å². The molecule has 2 unspecified atom stereocenters. The monoisotopic (exact) mass is 232 g/mol. The smallest absolute Gasteiger partial charge is 0.0387 e. The predicted molar refractivity (Wildman–Crippen MR) is 74.7 cm³/mol. The second kappa shape index (κ2) is 5.54. The lowest BCUT2D eigenvalue weighted by atomic mass is 10.1. The van der Waals surface area contributed by atoms with Crippen LogP contribution in [-0.2, 0) is 6.42 Å². The zero-order valence-electron chi connectivity index (χ0n) is 11.2. The molecule has 1 saturated heterocycles. The highest BCUT2D eigenvalue weighted by molar-refractivity contribution is 5.49. The third-order valence-electron chi connectivity index (χ3n) is 3.57. The quantitative estimate of drug-likeness (QED) is 0.862. The molecular formula is C15H24N2. The fraction of sp³-hybridized carbons (Fsp3) is 0.600. The molecule has 1 heterocycles. The third-order valence-corrected chi connectivity index (χ3v) is 3.57. The normalized spacial score (nSPS) is 25.0. The van der Waals surface area contributed by atoms with Gasteiger partial charge < -0.3 is 10.2 Å². The van der Waals surface area contributed by atoms with E-state index in [1.165, 1.54) is 24.1 Å². The van der Waals surface area contributed by atoms with Crippen LogP contribution in [0.3, 0.4) is 0 Å². The van der Waals surface area contributed by atoms with E-state index < -0.39 is 0 Å². The standard InChI is InChI=1S/C15H24N2/c1-4-5-14-6-8-15(9-7-14)17-11-12(2)16-10-13(17)3/h6-9,12-13,16H,4-5,10-11H2,1-3H3. The van der Waals surface area contributed by atoms with Gasteiger partial charge in [-0.1, -0.05) is 25.5 Å². The van der Waals surface area contributed by atoms with Crippen LogP contribution in [0.5, 0.6) is 0 Å². The van der Waals surface area contributed by atoms with Gasteiger partial charge in [-0.15, -0.1) is 0 Å². The van der Waals surface area contributed by atoms with Gasteiger partial charge in [-0.2, -0.15) is 0 Å². The minimum absolute atomic E-state index is 0.585. The highest BCUT2D eigenvalue weighted by Gasteiger charge is 2.22. The zero-order valence-corrected chi connectivity index (χ0v) is 11.2. The molecule has 0 aliphatic carbocycles. The number of aryl methyl sites for hydroxylation is 1. The van der Waals surface area contributed by atoms with Crippen LogP contribution in [-0.4, -0.2) is 25.2 Å². The summed E-state index contributed by atoms with van der Waals surface area (Å²) in [5, 5.41) is 3.52. The Kier molecular flexibility index (Phi) is 4.06. The Bertz CT molecular complexity index is 344. The summed E-state index contributed by atoms with van der Waals surface area (Å²) in [6, 6.07) is 10.3. The first kappa shape index (κ1) is 12.4. The van der Waals surface area contributed by atoms with E-state index in [1.54, 1.807) is 0 Å². The zero-order chi connectivity index (χ0) is 12.3. The van der Waals surface area contributed by atoms with Gasteiger partial charge in [0.25, 0.3) is 0 Å². The van der Waals surface area contributed by atoms with Gasteiger partial charge in [0.1, 0.15) is 0 Å². The molecule has 0 saturated carbocycles. The second-order valence-corrected chi connectivity index (χ2v) is 5.23. The predicted octanol–water partition coefficient (Wildman–Crippen LogP) is 2.83. The molecule has 1 aliphatic heterocycles. The van der Waals surface area contributed by atoms with Crippen LogP contribution in [0.15, 0.2) is 24.3 Å². The molecule has 1 aliphatic rings. The summed E-state index contributed by atoms with van der Waals surface area (Å²) in [6.45, 7) is 8.96. The summed E-state index contributed by atoms with van der Waals surface area (Å²) >= 11 is 0. The summed E-state index contributed by atoms with van der Waals surface area (Å²) < 4.78 is 0. The minimum Gasteiger partial charge on any atom is -0.366 e. The fourth-order valence-corrected chi connectivity index (χ4v) is 2.52. The molecule has 0 bridgehead atoms. The highest BCUT2D eigenvalue weighted by atomic mass is 15.2. The van der Waals surface area contributed by atoms with Crippen molar-refractivity contribution in [2.75, 3.05) is 18.0 Å². The number of rotatable bonds is 3. The van der Waals surface area contributed by atoms with Crippen molar-refractivity contribution in [1.82, 2.24) is 5.32 Å². The number of hydrogen-bond acceptors (Lipinski definition) is 2. The SMILES string of the molecule is CCCc1ccc(N2CC(C)NCC2C)cc1. The van der Waals surface area contributed by atoms with Crippen LogP contribution >= 0.6 is 0 Å². The average molecular weight is 232 g/mol. The summed E-state index contributed by atoms with van der Waals surface area (Å²) in [7, 11) is 0. The van der Waals surface area contributed by atoms with Crippen molar-refractivity contribution in [3.63, 3.8) is 0 Å². The molecule has 1 aromatic carbocycles. The molecule has 94 valence electrons. The lowest BCUT2D eigenvalue weighted by Gasteiger charge is -2.39. The van der Waals surface area contributed by atoms with Crippen LogP contribution in [0.4, 0.5) is 5.69 Å². The van der Waals surface area contributed by atoms with Gasteiger partial charge in [0.05, 0.1) is 0 Å². The van der Waals surface area contributed by atoms with Gasteiger partial charge in [0.15, 0.2) is 0 Å². The molecule has 1 N–H and O–H groups in total. The molecule has 2 rings (SSSR count). The number of benzene rings is 1. The van der Waals surface area contributed by atoms with Gasteiger partial charge in [-0.25, -0.2) is 0 Å². The maximum Gasteiger partial charge on any atom is 0.0387 e. The Morgan fingerprint density at radius 2 is 1.94 bits per heavy atom. The second-order valence-electron chi connectivity index (χ2n) is 5.23. The molecule has 0 spiro atoms. The van der Waals surface area contributed by atoms with E-state index in [2.05, 4.69) is 55.3 Å². The molecule has 0 amide bonds. The topological polar surface area (TPSA) is 15.3 Å². The van der Waals surface area contributed by atoms with E-state index in [9.17, 15) is 0 Å². The van der Waals surface area contributed by atoms with Crippen LogP contribution < -0.4 is 10.2 Å². The van der Waals surface area contributed by atoms with E-state index in [4.69, 9.17) is 0 Å². The van der Waals surface area contributed by atoms with E-state index >= 15 is 0 Å². The maximum atomic E-state index is 3.52. The molecule has 0 aromatic heterocycles. The first-order chi connectivity index (χ1) is 8.20. The van der Waals surface area contributed by atoms with Crippen molar-refractivity contribution in [3.8, 4) is 0 Å². The van der Waals surface area contributed by atoms with Gasteiger partial charge in [-0.3, -0.25) is 0 Å². The lowest BCUT2D eigenvalue weighted by Crippen LogP contribution is -2.54. The van der Waals surface area contributed by atoms with Crippen molar-refractivity contribution >= 4 is 5.69 Å². The Labute approximate surface area is 105 Å².